The van der Waals surface area contributed by atoms with Crippen LogP contribution in [0.15, 0.2) is 12.2 Å². The van der Waals surface area contributed by atoms with Gasteiger partial charge in [0.2, 0.25) is 5.91 Å². The third-order valence-electron chi connectivity index (χ3n) is 4.17. The highest BCUT2D eigenvalue weighted by Gasteiger charge is 2.35. The van der Waals surface area contributed by atoms with Gasteiger partial charge in [0.15, 0.2) is 0 Å². The molecule has 0 saturated heterocycles. The van der Waals surface area contributed by atoms with E-state index in [0.717, 1.165) is 11.3 Å². The van der Waals surface area contributed by atoms with Crippen molar-refractivity contribution in [1.29, 1.82) is 0 Å². The average molecular weight is 380 g/mol. The molecule has 0 unspecified atom stereocenters. The molecule has 2 rings (SSSR count). The standard InChI is InChI=1S/C17H20N2O6S/c1-3-25-17(24)11-8(2)12(13(18)20)26-15(11)19-14(21)9-6-4-5-7-10(9)16(22)23/h4-5,9-10H,3,6-7H2,1-2H3,(H2,18,20)(H,19,21)(H,22,23)/t9-,10+/m0/s1. The Hall–Kier alpha value is -2.68. The van der Waals surface area contributed by atoms with Gasteiger partial charge in [-0.3, -0.25) is 14.4 Å². The molecule has 1 aromatic rings. The van der Waals surface area contributed by atoms with Gasteiger partial charge in [0, 0.05) is 0 Å². The van der Waals surface area contributed by atoms with Gasteiger partial charge < -0.3 is 20.9 Å². The first-order valence-corrected chi connectivity index (χ1v) is 8.88. The fraction of sp³-hybridized carbons (Fsp3) is 0.412. The number of rotatable bonds is 6. The van der Waals surface area contributed by atoms with E-state index in [9.17, 15) is 24.3 Å². The van der Waals surface area contributed by atoms with E-state index in [0.29, 0.717) is 5.56 Å². The Labute approximate surface area is 154 Å². The quantitative estimate of drug-likeness (QED) is 0.510. The van der Waals surface area contributed by atoms with Crippen molar-refractivity contribution < 1.29 is 29.0 Å². The second kappa shape index (κ2) is 8.13. The Morgan fingerprint density at radius 2 is 1.88 bits per heavy atom. The van der Waals surface area contributed by atoms with Gasteiger partial charge in [-0.25, -0.2) is 4.79 Å². The molecule has 1 heterocycles. The summed E-state index contributed by atoms with van der Waals surface area (Å²) in [5, 5.41) is 12.0. The van der Waals surface area contributed by atoms with Gasteiger partial charge in [-0.05, 0) is 32.3 Å². The number of hydrogen-bond acceptors (Lipinski definition) is 6. The molecule has 0 aromatic carbocycles. The van der Waals surface area contributed by atoms with Gasteiger partial charge in [-0.2, -0.15) is 0 Å². The minimum Gasteiger partial charge on any atom is -0.481 e. The molecule has 0 aliphatic heterocycles. The van der Waals surface area contributed by atoms with Crippen LogP contribution >= 0.6 is 11.3 Å². The number of primary amides is 1. The second-order valence-electron chi connectivity index (χ2n) is 5.83. The molecule has 0 bridgehead atoms. The minimum atomic E-state index is -1.06. The number of hydrogen-bond donors (Lipinski definition) is 3. The normalized spacial score (nSPS) is 19.0. The summed E-state index contributed by atoms with van der Waals surface area (Å²) in [4.78, 5) is 48.0. The van der Waals surface area contributed by atoms with Crippen molar-refractivity contribution in [2.24, 2.45) is 17.6 Å². The predicted molar refractivity (Wildman–Crippen MR) is 95.1 cm³/mol. The first-order chi connectivity index (χ1) is 12.3. The number of carboxylic acids is 1. The molecule has 2 amide bonds. The molecule has 9 heteroatoms. The van der Waals surface area contributed by atoms with Crippen molar-refractivity contribution in [2.75, 3.05) is 11.9 Å². The number of nitrogens with one attached hydrogen (secondary N) is 1. The topological polar surface area (TPSA) is 136 Å². The second-order valence-corrected chi connectivity index (χ2v) is 6.85. The molecule has 26 heavy (non-hydrogen) atoms. The van der Waals surface area contributed by atoms with Crippen molar-refractivity contribution in [3.63, 3.8) is 0 Å². The molecule has 4 N–H and O–H groups in total. The van der Waals surface area contributed by atoms with Gasteiger partial charge in [0.1, 0.15) is 5.00 Å². The summed E-state index contributed by atoms with van der Waals surface area (Å²) in [6.07, 6.45) is 4.02. The number of carbonyl (C=O) groups excluding carboxylic acids is 3. The van der Waals surface area contributed by atoms with E-state index in [4.69, 9.17) is 10.5 Å². The van der Waals surface area contributed by atoms with Crippen LogP contribution in [-0.4, -0.2) is 35.5 Å². The Balaban J connectivity index is 2.35. The number of aliphatic carboxylic acids is 1. The van der Waals surface area contributed by atoms with Gasteiger partial charge in [0.25, 0.3) is 5.91 Å². The highest BCUT2D eigenvalue weighted by molar-refractivity contribution is 7.18. The van der Waals surface area contributed by atoms with Crippen LogP contribution < -0.4 is 11.1 Å². The lowest BCUT2D eigenvalue weighted by molar-refractivity contribution is -0.146. The van der Waals surface area contributed by atoms with E-state index in [-0.39, 0.29) is 34.9 Å². The number of nitrogens with two attached hydrogens (primary N) is 1. The largest absolute Gasteiger partial charge is 0.481 e. The fourth-order valence-corrected chi connectivity index (χ4v) is 3.92. The number of thiophene rings is 1. The molecule has 1 aromatic heterocycles. The fourth-order valence-electron chi connectivity index (χ4n) is 2.87. The van der Waals surface area contributed by atoms with Crippen LogP contribution in [0.4, 0.5) is 5.00 Å². The lowest BCUT2D eigenvalue weighted by Crippen LogP contribution is -2.34. The summed E-state index contributed by atoms with van der Waals surface area (Å²) in [5.74, 6) is -4.59. The highest BCUT2D eigenvalue weighted by atomic mass is 32.1. The lowest BCUT2D eigenvalue weighted by atomic mass is 9.82. The van der Waals surface area contributed by atoms with Crippen molar-refractivity contribution in [1.82, 2.24) is 0 Å². The van der Waals surface area contributed by atoms with E-state index >= 15 is 0 Å². The van der Waals surface area contributed by atoms with Crippen molar-refractivity contribution in [3.8, 4) is 0 Å². The zero-order valence-electron chi connectivity index (χ0n) is 14.4. The Morgan fingerprint density at radius 3 is 2.42 bits per heavy atom. The summed E-state index contributed by atoms with van der Waals surface area (Å²) in [5.41, 5.74) is 5.72. The predicted octanol–water partition coefficient (Wildman–Crippen LogP) is 1.94. The van der Waals surface area contributed by atoms with E-state index in [1.165, 1.54) is 0 Å². The molecular formula is C17H20N2O6S. The van der Waals surface area contributed by atoms with E-state index < -0.39 is 35.6 Å². The molecule has 140 valence electrons. The molecular weight excluding hydrogens is 360 g/mol. The van der Waals surface area contributed by atoms with Crippen molar-refractivity contribution >= 4 is 40.1 Å². The summed E-state index contributed by atoms with van der Waals surface area (Å²) in [6.45, 7) is 3.31. The Kier molecular flexibility index (Phi) is 6.14. The van der Waals surface area contributed by atoms with Crippen LogP contribution in [0, 0.1) is 18.8 Å². The Morgan fingerprint density at radius 1 is 1.27 bits per heavy atom. The van der Waals surface area contributed by atoms with E-state index in [2.05, 4.69) is 5.32 Å². The first-order valence-electron chi connectivity index (χ1n) is 8.06. The molecule has 0 saturated carbocycles. The molecule has 8 nitrogen and oxygen atoms in total. The monoisotopic (exact) mass is 380 g/mol. The number of anilines is 1. The number of carboxylic acid groups (broad SMARTS) is 1. The van der Waals surface area contributed by atoms with E-state index in [1.807, 2.05) is 0 Å². The van der Waals surface area contributed by atoms with Crippen LogP contribution in [0.2, 0.25) is 0 Å². The average Bonchev–Trinajstić information content (AvgIpc) is 2.91. The first kappa shape index (κ1) is 19.6. The number of allylic oxidation sites excluding steroid dienone is 2. The molecule has 2 atom stereocenters. The third kappa shape index (κ3) is 3.93. The summed E-state index contributed by atoms with van der Waals surface area (Å²) in [7, 11) is 0. The highest BCUT2D eigenvalue weighted by Crippen LogP contribution is 2.35. The maximum absolute atomic E-state index is 12.6. The van der Waals surface area contributed by atoms with Gasteiger partial charge >= 0.3 is 11.9 Å². The lowest BCUT2D eigenvalue weighted by Gasteiger charge is -2.24. The van der Waals surface area contributed by atoms with Crippen LogP contribution in [0.1, 0.15) is 45.4 Å². The van der Waals surface area contributed by atoms with Crippen LogP contribution in [-0.2, 0) is 14.3 Å². The van der Waals surface area contributed by atoms with Gasteiger partial charge in [-0.1, -0.05) is 12.2 Å². The zero-order valence-corrected chi connectivity index (χ0v) is 15.2. The minimum absolute atomic E-state index is 0.0669. The molecule has 0 radical (unpaired) electrons. The molecule has 1 aliphatic carbocycles. The number of carbonyl (C=O) groups is 4. The van der Waals surface area contributed by atoms with E-state index in [1.54, 1.807) is 26.0 Å². The summed E-state index contributed by atoms with van der Waals surface area (Å²) < 4.78 is 4.99. The number of amides is 2. The van der Waals surface area contributed by atoms with Gasteiger partial charge in [-0.15, -0.1) is 11.3 Å². The van der Waals surface area contributed by atoms with Crippen LogP contribution in [0.3, 0.4) is 0 Å². The number of esters is 1. The van der Waals surface area contributed by atoms with Crippen LogP contribution in [0.25, 0.3) is 0 Å². The molecule has 0 spiro atoms. The maximum Gasteiger partial charge on any atom is 0.341 e. The molecule has 1 aliphatic rings. The van der Waals surface area contributed by atoms with Crippen molar-refractivity contribution in [3.05, 3.63) is 28.2 Å². The summed E-state index contributed by atoms with van der Waals surface area (Å²) in [6, 6.07) is 0. The van der Waals surface area contributed by atoms with Gasteiger partial charge in [0.05, 0.1) is 28.9 Å². The SMILES string of the molecule is CCOC(=O)c1c(NC(=O)[C@H]2CC=CC[C@H]2C(=O)O)sc(C(N)=O)c1C. The smallest absolute Gasteiger partial charge is 0.341 e. The Bertz CT molecular complexity index is 782. The number of ether oxygens (including phenoxy) is 1. The summed E-state index contributed by atoms with van der Waals surface area (Å²) >= 11 is 0.878. The zero-order chi connectivity index (χ0) is 19.4. The third-order valence-corrected chi connectivity index (χ3v) is 5.40. The molecule has 0 fully saturated rings. The van der Waals surface area contributed by atoms with Crippen LogP contribution in [0.5, 0.6) is 0 Å². The van der Waals surface area contributed by atoms with Crippen molar-refractivity contribution in [2.45, 2.75) is 26.7 Å². The maximum atomic E-state index is 12.6.